The molecular formula is C21H30N2OS. The van der Waals surface area contributed by atoms with Crippen molar-refractivity contribution in [3.8, 4) is 0 Å². The van der Waals surface area contributed by atoms with Gasteiger partial charge >= 0.3 is 0 Å². The molecule has 4 heteroatoms. The highest BCUT2D eigenvalue weighted by Crippen LogP contribution is 2.45. The minimum Gasteiger partial charge on any atom is -0.371 e. The Balaban J connectivity index is 1.50. The summed E-state index contributed by atoms with van der Waals surface area (Å²) in [5.41, 5.74) is 1.26. The first kappa shape index (κ1) is 17.4. The Morgan fingerprint density at radius 3 is 2.68 bits per heavy atom. The average Bonchev–Trinajstić information content (AvgIpc) is 3.30. The molecular weight excluding hydrogens is 328 g/mol. The molecule has 1 saturated heterocycles. The van der Waals surface area contributed by atoms with E-state index in [1.807, 2.05) is 11.8 Å². The van der Waals surface area contributed by atoms with Gasteiger partial charge in [-0.05, 0) is 36.7 Å². The van der Waals surface area contributed by atoms with Crippen LogP contribution in [0.4, 0.5) is 0 Å². The molecule has 0 bridgehead atoms. The molecule has 1 aromatic rings. The van der Waals surface area contributed by atoms with E-state index in [2.05, 4.69) is 49.1 Å². The number of likely N-dealkylation sites (tertiary alicyclic amines) is 1. The van der Waals surface area contributed by atoms with Crippen molar-refractivity contribution in [3.63, 3.8) is 0 Å². The van der Waals surface area contributed by atoms with Gasteiger partial charge in [0.1, 0.15) is 0 Å². The summed E-state index contributed by atoms with van der Waals surface area (Å²) in [4.78, 5) is 7.69. The number of rotatable bonds is 4. The van der Waals surface area contributed by atoms with Crippen LogP contribution in [0, 0.1) is 11.8 Å². The van der Waals surface area contributed by atoms with E-state index in [0.29, 0.717) is 23.8 Å². The highest BCUT2D eigenvalue weighted by atomic mass is 32.2. The minimum absolute atomic E-state index is 0.247. The normalized spacial score (nSPS) is 34.9. The van der Waals surface area contributed by atoms with E-state index in [9.17, 15) is 0 Å². The topological polar surface area (TPSA) is 24.8 Å². The third-order valence-electron chi connectivity index (χ3n) is 6.22. The predicted octanol–water partition coefficient (Wildman–Crippen LogP) is 4.57. The van der Waals surface area contributed by atoms with Crippen LogP contribution in [-0.2, 0) is 11.3 Å². The summed E-state index contributed by atoms with van der Waals surface area (Å²) in [6.45, 7) is 7.79. The van der Waals surface area contributed by atoms with Crippen molar-refractivity contribution < 1.29 is 4.74 Å². The summed E-state index contributed by atoms with van der Waals surface area (Å²) in [7, 11) is 0. The van der Waals surface area contributed by atoms with E-state index >= 15 is 0 Å². The molecule has 2 heterocycles. The first-order valence-electron chi connectivity index (χ1n) is 9.91. The number of hydrogen-bond donors (Lipinski definition) is 0. The lowest BCUT2D eigenvalue weighted by molar-refractivity contribution is -0.0453. The molecule has 0 unspecified atom stereocenters. The molecule has 0 N–H and O–H groups in total. The maximum absolute atomic E-state index is 6.50. The van der Waals surface area contributed by atoms with Crippen molar-refractivity contribution in [2.24, 2.45) is 16.8 Å². The van der Waals surface area contributed by atoms with Gasteiger partial charge in [0, 0.05) is 18.3 Å². The number of aliphatic imine (C=N–C) groups is 1. The zero-order chi connectivity index (χ0) is 17.2. The average molecular weight is 359 g/mol. The molecule has 0 radical (unpaired) electrons. The molecule has 1 aromatic carbocycles. The highest BCUT2D eigenvalue weighted by Gasteiger charge is 2.47. The van der Waals surface area contributed by atoms with E-state index in [1.165, 1.54) is 49.5 Å². The second-order valence-electron chi connectivity index (χ2n) is 7.78. The van der Waals surface area contributed by atoms with Gasteiger partial charge < -0.3 is 9.64 Å². The van der Waals surface area contributed by atoms with Gasteiger partial charge in [0.15, 0.2) is 5.17 Å². The number of fused-ring (bicyclic) bond motifs is 1. The van der Waals surface area contributed by atoms with Gasteiger partial charge in [0.05, 0.1) is 18.8 Å². The van der Waals surface area contributed by atoms with Gasteiger partial charge in [-0.2, -0.15) is 0 Å². The van der Waals surface area contributed by atoms with Gasteiger partial charge in [0.2, 0.25) is 0 Å². The minimum atomic E-state index is 0.247. The highest BCUT2D eigenvalue weighted by molar-refractivity contribution is 8.14. The number of amidine groups is 1. The lowest BCUT2D eigenvalue weighted by Gasteiger charge is -2.41. The fourth-order valence-electron chi connectivity index (χ4n) is 4.63. The first-order chi connectivity index (χ1) is 12.3. The summed E-state index contributed by atoms with van der Waals surface area (Å²) in [6, 6.07) is 10.9. The fraction of sp³-hybridized carbons (Fsp3) is 0.667. The van der Waals surface area contributed by atoms with Crippen LogP contribution in [-0.4, -0.2) is 40.6 Å². The Hall–Kier alpha value is -1.00. The molecule has 2 fully saturated rings. The summed E-state index contributed by atoms with van der Waals surface area (Å²) in [5, 5.41) is 1.90. The molecule has 3 aliphatic rings. The Bertz CT molecular complexity index is 599. The third-order valence-corrected chi connectivity index (χ3v) is 7.57. The number of benzene rings is 1. The van der Waals surface area contributed by atoms with E-state index in [4.69, 9.17) is 9.73 Å². The second-order valence-corrected chi connectivity index (χ2v) is 8.98. The van der Waals surface area contributed by atoms with Gasteiger partial charge in [0.25, 0.3) is 0 Å². The van der Waals surface area contributed by atoms with Crippen molar-refractivity contribution in [3.05, 3.63) is 35.9 Å². The number of nitrogens with zero attached hydrogens (tertiary/aromatic N) is 2. The van der Waals surface area contributed by atoms with Gasteiger partial charge in [-0.1, -0.05) is 62.4 Å². The van der Waals surface area contributed by atoms with Crippen LogP contribution in [0.3, 0.4) is 0 Å². The van der Waals surface area contributed by atoms with E-state index in [0.717, 1.165) is 5.92 Å². The first-order valence-corrected chi connectivity index (χ1v) is 10.8. The summed E-state index contributed by atoms with van der Waals surface area (Å²) in [5.74, 6) is 1.33. The lowest BCUT2D eigenvalue weighted by atomic mass is 9.74. The molecule has 136 valence electrons. The van der Waals surface area contributed by atoms with Gasteiger partial charge in [-0.25, -0.2) is 0 Å². The smallest absolute Gasteiger partial charge is 0.159 e. The standard InChI is InChI=1S/C21H30N2OS/c1-3-17-13-18-19(22-21(25-18)23-11-7-8-12-23)20(15(17)2)24-14-16-9-5-4-6-10-16/h4-6,9-10,15,17-20H,3,7-8,11-14H2,1-2H3/t15-,17+,18+,19+,20+/m1/s1. The van der Waals surface area contributed by atoms with E-state index < -0.39 is 0 Å². The monoisotopic (exact) mass is 358 g/mol. The molecule has 3 nitrogen and oxygen atoms in total. The van der Waals surface area contributed by atoms with Crippen molar-refractivity contribution in [2.45, 2.75) is 63.5 Å². The Morgan fingerprint density at radius 2 is 1.96 bits per heavy atom. The zero-order valence-electron chi connectivity index (χ0n) is 15.4. The molecule has 25 heavy (non-hydrogen) atoms. The number of thioether (sulfide) groups is 1. The molecule has 1 saturated carbocycles. The SMILES string of the molecule is CC[C@H]1C[C@@H]2SC(N3CCCC3)=N[C@@H]2[C@@H](OCc2ccccc2)[C@@H]1C. The van der Waals surface area contributed by atoms with Crippen molar-refractivity contribution >= 4 is 16.9 Å². The maximum atomic E-state index is 6.50. The van der Waals surface area contributed by atoms with Crippen molar-refractivity contribution in [1.29, 1.82) is 0 Å². The lowest BCUT2D eigenvalue weighted by Crippen LogP contribution is -2.47. The van der Waals surface area contributed by atoms with Crippen LogP contribution in [0.1, 0.15) is 45.1 Å². The summed E-state index contributed by atoms with van der Waals surface area (Å²) in [6.07, 6.45) is 5.42. The van der Waals surface area contributed by atoms with Crippen molar-refractivity contribution in [2.75, 3.05) is 13.1 Å². The molecule has 1 aliphatic carbocycles. The third kappa shape index (κ3) is 3.61. The molecule has 2 aliphatic heterocycles. The van der Waals surface area contributed by atoms with Crippen LogP contribution in [0.15, 0.2) is 35.3 Å². The van der Waals surface area contributed by atoms with Crippen LogP contribution < -0.4 is 0 Å². The molecule has 0 aromatic heterocycles. The Morgan fingerprint density at radius 1 is 1.20 bits per heavy atom. The van der Waals surface area contributed by atoms with Crippen LogP contribution in [0.5, 0.6) is 0 Å². The van der Waals surface area contributed by atoms with Crippen LogP contribution in [0.25, 0.3) is 0 Å². The van der Waals surface area contributed by atoms with Crippen LogP contribution >= 0.6 is 11.8 Å². The largest absolute Gasteiger partial charge is 0.371 e. The van der Waals surface area contributed by atoms with Gasteiger partial charge in [-0.3, -0.25) is 4.99 Å². The van der Waals surface area contributed by atoms with E-state index in [-0.39, 0.29) is 6.10 Å². The summed E-state index contributed by atoms with van der Waals surface area (Å²) >= 11 is 2.03. The van der Waals surface area contributed by atoms with E-state index in [1.54, 1.807) is 0 Å². The second kappa shape index (κ2) is 7.71. The van der Waals surface area contributed by atoms with Crippen LogP contribution in [0.2, 0.25) is 0 Å². The maximum Gasteiger partial charge on any atom is 0.159 e. The molecule has 5 atom stereocenters. The fourth-order valence-corrected chi connectivity index (χ4v) is 6.11. The molecule has 0 amide bonds. The predicted molar refractivity (Wildman–Crippen MR) is 106 cm³/mol. The Kier molecular flexibility index (Phi) is 5.37. The number of ether oxygens (including phenoxy) is 1. The van der Waals surface area contributed by atoms with Crippen molar-refractivity contribution in [1.82, 2.24) is 4.90 Å². The zero-order valence-corrected chi connectivity index (χ0v) is 16.3. The molecule has 0 spiro atoms. The van der Waals surface area contributed by atoms with Gasteiger partial charge in [-0.15, -0.1) is 0 Å². The summed E-state index contributed by atoms with van der Waals surface area (Å²) < 4.78 is 6.50. The Labute approximate surface area is 156 Å². The quantitative estimate of drug-likeness (QED) is 0.788. The number of hydrogen-bond acceptors (Lipinski definition) is 4. The molecule has 4 rings (SSSR count).